The van der Waals surface area contributed by atoms with E-state index in [1.807, 2.05) is 0 Å². The summed E-state index contributed by atoms with van der Waals surface area (Å²) in [6, 6.07) is 0. The number of ether oxygens (including phenoxy) is 1. The van der Waals surface area contributed by atoms with Gasteiger partial charge in [-0.3, -0.25) is 0 Å². The van der Waals surface area contributed by atoms with E-state index in [9.17, 15) is 10.2 Å². The highest BCUT2D eigenvalue weighted by Gasteiger charge is 2.65. The van der Waals surface area contributed by atoms with Crippen LogP contribution in [0.25, 0.3) is 0 Å². The maximum atomic E-state index is 11.2. The molecule has 0 aromatic carbocycles. The van der Waals surface area contributed by atoms with Gasteiger partial charge >= 0.3 is 0 Å². The number of hydrogen-bond donors (Lipinski definition) is 2. The highest BCUT2D eigenvalue weighted by molar-refractivity contribution is 5.23. The van der Waals surface area contributed by atoms with Gasteiger partial charge in [-0.1, -0.05) is 19.1 Å². The second kappa shape index (κ2) is 5.40. The average molecular weight is 350 g/mol. The molecule has 2 aliphatic carbocycles. The molecule has 0 amide bonds. The maximum Gasteiger partial charge on any atom is 0.224 e. The summed E-state index contributed by atoms with van der Waals surface area (Å²) in [7, 11) is 0. The summed E-state index contributed by atoms with van der Waals surface area (Å²) >= 11 is 0. The molecule has 25 heavy (non-hydrogen) atoms. The molecule has 0 spiro atoms. The third kappa shape index (κ3) is 2.55. The van der Waals surface area contributed by atoms with Gasteiger partial charge in [-0.05, 0) is 69.9 Å². The third-order valence-corrected chi connectivity index (χ3v) is 7.34. The highest BCUT2D eigenvalue weighted by atomic mass is 17.2. The quantitative estimate of drug-likeness (QED) is 0.455. The molecule has 4 rings (SSSR count). The number of allylic oxidation sites excluding steroid dienone is 1. The average Bonchev–Trinajstić information content (AvgIpc) is 3.22. The second-order valence-corrected chi connectivity index (χ2v) is 9.16. The molecule has 0 radical (unpaired) electrons. The lowest BCUT2D eigenvalue weighted by Gasteiger charge is -2.60. The zero-order valence-electron chi connectivity index (χ0n) is 15.5. The van der Waals surface area contributed by atoms with Crippen molar-refractivity contribution in [3.8, 4) is 0 Å². The highest BCUT2D eigenvalue weighted by Crippen LogP contribution is 2.64. The molecule has 140 valence electrons. The van der Waals surface area contributed by atoms with Crippen LogP contribution in [-0.4, -0.2) is 39.9 Å². The van der Waals surface area contributed by atoms with Crippen LogP contribution in [0.15, 0.2) is 24.3 Å². The van der Waals surface area contributed by atoms with Crippen molar-refractivity contribution >= 4 is 0 Å². The van der Waals surface area contributed by atoms with E-state index in [1.54, 1.807) is 19.1 Å². The molecule has 3 fully saturated rings. The van der Waals surface area contributed by atoms with Gasteiger partial charge in [0.05, 0.1) is 18.3 Å². The van der Waals surface area contributed by atoms with Crippen molar-refractivity contribution in [3.05, 3.63) is 24.3 Å². The summed E-state index contributed by atoms with van der Waals surface area (Å²) in [6.07, 6.45) is 8.58. The Labute approximate surface area is 149 Å². The lowest BCUT2D eigenvalue weighted by Crippen LogP contribution is -2.63. The number of aliphatic hydroxyl groups is 2. The first kappa shape index (κ1) is 17.7. The number of fused-ring (bicyclic) bond motifs is 2. The molecule has 2 heterocycles. The molecule has 0 aromatic heterocycles. The van der Waals surface area contributed by atoms with Crippen LogP contribution in [0.2, 0.25) is 0 Å². The molecule has 5 heteroatoms. The van der Waals surface area contributed by atoms with Crippen LogP contribution in [-0.2, 0) is 14.5 Å². The molecule has 7 atom stereocenters. The van der Waals surface area contributed by atoms with Gasteiger partial charge in [-0.25, -0.2) is 4.89 Å². The zero-order chi connectivity index (χ0) is 18.1. The fraction of sp³-hybridized carbons (Fsp3) is 0.800. The van der Waals surface area contributed by atoms with Gasteiger partial charge in [0.1, 0.15) is 5.60 Å². The minimum atomic E-state index is -1.48. The summed E-state index contributed by atoms with van der Waals surface area (Å²) in [4.78, 5) is 10.8. The third-order valence-electron chi connectivity index (χ3n) is 7.34. The Hall–Kier alpha value is -0.720. The molecule has 0 aromatic rings. The molecule has 2 saturated carbocycles. The summed E-state index contributed by atoms with van der Waals surface area (Å²) in [5, 5.41) is 20.6. The van der Waals surface area contributed by atoms with Crippen LogP contribution in [0, 0.1) is 17.3 Å². The largest absolute Gasteiger partial charge is 0.393 e. The minimum absolute atomic E-state index is 0.0104. The van der Waals surface area contributed by atoms with E-state index in [0.717, 1.165) is 32.1 Å². The van der Waals surface area contributed by atoms with Gasteiger partial charge in [-0.15, -0.1) is 0 Å². The number of epoxide rings is 1. The Kier molecular flexibility index (Phi) is 3.82. The number of rotatable bonds is 2. The fourth-order valence-corrected chi connectivity index (χ4v) is 5.08. The predicted molar refractivity (Wildman–Crippen MR) is 92.3 cm³/mol. The Morgan fingerprint density at radius 3 is 2.60 bits per heavy atom. The monoisotopic (exact) mass is 350 g/mol. The minimum Gasteiger partial charge on any atom is -0.393 e. The van der Waals surface area contributed by atoms with Crippen LogP contribution in [0.4, 0.5) is 0 Å². The van der Waals surface area contributed by atoms with Crippen LogP contribution in [0.1, 0.15) is 52.9 Å². The van der Waals surface area contributed by atoms with Crippen LogP contribution in [0.5, 0.6) is 0 Å². The topological polar surface area (TPSA) is 71.5 Å². The Morgan fingerprint density at radius 1 is 1.20 bits per heavy atom. The molecule has 2 N–H and O–H groups in total. The molecule has 1 saturated heterocycles. The van der Waals surface area contributed by atoms with Crippen molar-refractivity contribution in [2.75, 3.05) is 6.61 Å². The van der Waals surface area contributed by atoms with Crippen LogP contribution < -0.4 is 0 Å². The lowest BCUT2D eigenvalue weighted by molar-refractivity contribution is -0.481. The molecule has 4 aliphatic rings. The van der Waals surface area contributed by atoms with Crippen molar-refractivity contribution in [1.82, 2.24) is 0 Å². The molecule has 0 bridgehead atoms. The molecule has 5 nitrogen and oxygen atoms in total. The SMILES string of the molecule is C=C1CC[C@H]2O[C@@]2(C)CC[C@H]2[C@H]1C[C@]2(C)[C@@]1(O)C=C[C@](C)(CO)OO1. The molecule has 0 unspecified atom stereocenters. The van der Waals surface area contributed by atoms with Crippen molar-refractivity contribution in [2.45, 2.75) is 76.0 Å². The Bertz CT molecular complexity index is 617. The van der Waals surface area contributed by atoms with Crippen molar-refractivity contribution in [3.63, 3.8) is 0 Å². The van der Waals surface area contributed by atoms with E-state index in [1.165, 1.54) is 5.57 Å². The Morgan fingerprint density at radius 2 is 1.96 bits per heavy atom. The van der Waals surface area contributed by atoms with Gasteiger partial charge in [0.25, 0.3) is 0 Å². The first-order valence-electron chi connectivity index (χ1n) is 9.41. The van der Waals surface area contributed by atoms with Crippen molar-refractivity contribution in [2.24, 2.45) is 17.3 Å². The van der Waals surface area contributed by atoms with Gasteiger partial charge in [-0.2, -0.15) is 4.89 Å². The Balaban J connectivity index is 1.58. The van der Waals surface area contributed by atoms with E-state index >= 15 is 0 Å². The van der Waals surface area contributed by atoms with E-state index in [4.69, 9.17) is 14.5 Å². The van der Waals surface area contributed by atoms with Gasteiger partial charge < -0.3 is 14.9 Å². The standard InChI is InChI=1S/C20H30O5/c1-13-5-6-16-19(4,23-16)8-7-15-14(13)11-18(15,3)20(22)10-9-17(2,12-21)24-25-20/h9-10,14-16,21-22H,1,5-8,11-12H2,2-4H3/t14-,15-,16+,17+,18-,19-,20+/m0/s1. The summed E-state index contributed by atoms with van der Waals surface area (Å²) in [5.74, 6) is -0.795. The lowest BCUT2D eigenvalue weighted by atomic mass is 9.48. The zero-order valence-corrected chi connectivity index (χ0v) is 15.5. The molecule has 2 aliphatic heterocycles. The number of hydrogen-bond acceptors (Lipinski definition) is 5. The van der Waals surface area contributed by atoms with Gasteiger partial charge in [0, 0.05) is 5.41 Å². The normalized spacial score (nSPS) is 55.2. The smallest absolute Gasteiger partial charge is 0.224 e. The van der Waals surface area contributed by atoms with Gasteiger partial charge in [0.15, 0.2) is 0 Å². The maximum absolute atomic E-state index is 11.2. The van der Waals surface area contributed by atoms with Gasteiger partial charge in [0.2, 0.25) is 5.79 Å². The second-order valence-electron chi connectivity index (χ2n) is 9.16. The molecular weight excluding hydrogens is 320 g/mol. The van der Waals surface area contributed by atoms with Crippen molar-refractivity contribution < 1.29 is 24.7 Å². The van der Waals surface area contributed by atoms with Crippen LogP contribution in [0.3, 0.4) is 0 Å². The predicted octanol–water partition coefficient (Wildman–Crippen LogP) is 2.87. The van der Waals surface area contributed by atoms with E-state index in [-0.39, 0.29) is 18.1 Å². The fourth-order valence-electron chi connectivity index (χ4n) is 5.08. The first-order valence-corrected chi connectivity index (χ1v) is 9.41. The molecular formula is C20H30O5. The van der Waals surface area contributed by atoms with Crippen molar-refractivity contribution in [1.29, 1.82) is 0 Å². The summed E-state index contributed by atoms with van der Waals surface area (Å²) < 4.78 is 5.92. The summed E-state index contributed by atoms with van der Waals surface area (Å²) in [5.41, 5.74) is -0.0922. The first-order chi connectivity index (χ1) is 11.6. The van der Waals surface area contributed by atoms with E-state index < -0.39 is 16.8 Å². The van der Waals surface area contributed by atoms with Crippen LogP contribution >= 0.6 is 0 Å². The number of aliphatic hydroxyl groups excluding tert-OH is 1. The van der Waals surface area contributed by atoms with E-state index in [2.05, 4.69) is 20.4 Å². The summed E-state index contributed by atoms with van der Waals surface area (Å²) in [6.45, 7) is 10.1. The van der Waals surface area contributed by atoms with E-state index in [0.29, 0.717) is 12.0 Å².